The minimum absolute atomic E-state index is 0.475. The molecule has 2 unspecified atom stereocenters. The maximum atomic E-state index is 12.7. The fourth-order valence-electron chi connectivity index (χ4n) is 2.67. The molecule has 0 saturated heterocycles. The van der Waals surface area contributed by atoms with Crippen LogP contribution >= 0.6 is 0 Å². The van der Waals surface area contributed by atoms with E-state index in [2.05, 4.69) is 5.32 Å². The number of Topliss-reactive ketones (excluding diaryl/α,β-unsaturated/α-hetero) is 1. The second kappa shape index (κ2) is 9.12. The predicted molar refractivity (Wildman–Crippen MR) is 97.6 cm³/mol. The van der Waals surface area contributed by atoms with Crippen molar-refractivity contribution in [2.75, 3.05) is 6.67 Å². The number of ketones is 1. The van der Waals surface area contributed by atoms with Gasteiger partial charge in [0.1, 0.15) is 12.7 Å². The van der Waals surface area contributed by atoms with Gasteiger partial charge in [-0.1, -0.05) is 32.0 Å². The minimum atomic E-state index is -1.54. The molecule has 0 spiro atoms. The molecule has 1 aromatic carbocycles. The minimum Gasteiger partial charge on any atom is -0.481 e. The SMILES string of the molecule is CC(C)C(OC(=O)n1ccc2ccccc21)C(=O)NC(CC(=O)O)C(=O)CF. The molecule has 2 atom stereocenters. The number of aliphatic carboxylic acids is 1. The molecule has 9 heteroatoms. The second-order valence-electron chi connectivity index (χ2n) is 6.55. The summed E-state index contributed by atoms with van der Waals surface area (Å²) in [6, 6.07) is 7.26. The third-order valence-electron chi connectivity index (χ3n) is 4.10. The number of rotatable bonds is 8. The molecule has 28 heavy (non-hydrogen) atoms. The molecule has 150 valence electrons. The van der Waals surface area contributed by atoms with Crippen LogP contribution in [0.25, 0.3) is 10.9 Å². The topological polar surface area (TPSA) is 115 Å². The van der Waals surface area contributed by atoms with Crippen LogP contribution in [0.15, 0.2) is 36.5 Å². The normalized spacial score (nSPS) is 13.1. The van der Waals surface area contributed by atoms with E-state index < -0.39 is 54.9 Å². The number of carbonyl (C=O) groups is 4. The highest BCUT2D eigenvalue weighted by molar-refractivity contribution is 5.95. The lowest BCUT2D eigenvalue weighted by Gasteiger charge is -2.23. The first kappa shape index (κ1) is 21.1. The zero-order chi connectivity index (χ0) is 20.8. The highest BCUT2D eigenvalue weighted by atomic mass is 19.1. The van der Waals surface area contributed by atoms with E-state index in [0.717, 1.165) is 5.39 Å². The van der Waals surface area contributed by atoms with Crippen molar-refractivity contribution in [2.45, 2.75) is 32.4 Å². The zero-order valence-corrected chi connectivity index (χ0v) is 15.4. The number of hydrogen-bond acceptors (Lipinski definition) is 5. The number of nitrogens with zero attached hydrogens (tertiary/aromatic N) is 1. The monoisotopic (exact) mass is 392 g/mol. The largest absolute Gasteiger partial charge is 0.481 e. The summed E-state index contributed by atoms with van der Waals surface area (Å²) in [5.41, 5.74) is 0.590. The van der Waals surface area contributed by atoms with Crippen LogP contribution in [-0.4, -0.2) is 52.2 Å². The van der Waals surface area contributed by atoms with Gasteiger partial charge in [0.15, 0.2) is 11.9 Å². The van der Waals surface area contributed by atoms with E-state index in [9.17, 15) is 23.6 Å². The molecule has 1 amide bonds. The molecule has 0 fully saturated rings. The Kier molecular flexibility index (Phi) is 6.86. The van der Waals surface area contributed by atoms with Crippen molar-refractivity contribution in [1.29, 1.82) is 0 Å². The number of ether oxygens (including phenoxy) is 1. The average molecular weight is 392 g/mol. The van der Waals surface area contributed by atoms with Crippen LogP contribution in [0.5, 0.6) is 0 Å². The summed E-state index contributed by atoms with van der Waals surface area (Å²) in [4.78, 5) is 47.5. The Bertz CT molecular complexity index is 891. The van der Waals surface area contributed by atoms with Gasteiger partial charge in [0, 0.05) is 11.6 Å². The standard InChI is InChI=1S/C19H21FN2O6/c1-11(2)17(18(26)21-13(9-16(24)25)15(23)10-20)28-19(27)22-8-7-12-5-3-4-6-14(12)22/h3-8,11,13,17H,9-10H2,1-2H3,(H,21,26)(H,24,25). The van der Waals surface area contributed by atoms with Gasteiger partial charge in [-0.05, 0) is 18.1 Å². The van der Waals surface area contributed by atoms with Crippen molar-refractivity contribution in [3.63, 3.8) is 0 Å². The molecule has 0 aliphatic rings. The summed E-state index contributed by atoms with van der Waals surface area (Å²) in [6.45, 7) is 1.82. The maximum absolute atomic E-state index is 12.7. The van der Waals surface area contributed by atoms with E-state index in [-0.39, 0.29) is 0 Å². The van der Waals surface area contributed by atoms with E-state index >= 15 is 0 Å². The lowest BCUT2D eigenvalue weighted by atomic mass is 10.0. The summed E-state index contributed by atoms with van der Waals surface area (Å²) in [6.07, 6.45) is -1.36. The molecular weight excluding hydrogens is 371 g/mol. The molecule has 1 heterocycles. The van der Waals surface area contributed by atoms with Gasteiger partial charge in [0.2, 0.25) is 0 Å². The van der Waals surface area contributed by atoms with E-state index in [4.69, 9.17) is 9.84 Å². The number of alkyl halides is 1. The summed E-state index contributed by atoms with van der Waals surface area (Å²) >= 11 is 0. The molecule has 2 aromatic rings. The van der Waals surface area contributed by atoms with Crippen LogP contribution in [0.4, 0.5) is 9.18 Å². The second-order valence-corrected chi connectivity index (χ2v) is 6.55. The number of aromatic nitrogens is 1. The van der Waals surface area contributed by atoms with Crippen molar-refractivity contribution in [2.24, 2.45) is 5.92 Å². The van der Waals surface area contributed by atoms with Crippen LogP contribution < -0.4 is 5.32 Å². The number of nitrogens with one attached hydrogen (secondary N) is 1. The van der Waals surface area contributed by atoms with E-state index in [1.165, 1.54) is 10.8 Å². The van der Waals surface area contributed by atoms with Crippen molar-refractivity contribution >= 4 is 34.7 Å². The van der Waals surface area contributed by atoms with Crippen LogP contribution in [0.3, 0.4) is 0 Å². The van der Waals surface area contributed by atoms with Crippen molar-refractivity contribution in [3.05, 3.63) is 36.5 Å². The molecular formula is C19H21FN2O6. The van der Waals surface area contributed by atoms with Crippen molar-refractivity contribution in [1.82, 2.24) is 9.88 Å². The Morgan fingerprint density at radius 2 is 1.86 bits per heavy atom. The molecule has 2 rings (SSSR count). The average Bonchev–Trinajstić information content (AvgIpc) is 3.08. The highest BCUT2D eigenvalue weighted by Gasteiger charge is 2.31. The summed E-state index contributed by atoms with van der Waals surface area (Å²) in [5.74, 6) is -3.78. The molecule has 8 nitrogen and oxygen atoms in total. The smallest absolute Gasteiger partial charge is 0.419 e. The van der Waals surface area contributed by atoms with E-state index in [0.29, 0.717) is 5.52 Å². The Labute approximate surface area is 160 Å². The van der Waals surface area contributed by atoms with Gasteiger partial charge in [-0.25, -0.2) is 9.18 Å². The number of halogens is 1. The van der Waals surface area contributed by atoms with Gasteiger partial charge in [-0.3, -0.25) is 19.0 Å². The number of carboxylic acids is 1. The Morgan fingerprint density at radius 1 is 1.18 bits per heavy atom. The maximum Gasteiger partial charge on any atom is 0.419 e. The summed E-state index contributed by atoms with van der Waals surface area (Å²) in [5, 5.41) is 11.8. The van der Waals surface area contributed by atoms with Crippen LogP contribution in [0.1, 0.15) is 20.3 Å². The number of para-hydroxylation sites is 1. The van der Waals surface area contributed by atoms with Gasteiger partial charge >= 0.3 is 12.1 Å². The van der Waals surface area contributed by atoms with Crippen LogP contribution in [-0.2, 0) is 19.1 Å². The Balaban J connectivity index is 2.17. The zero-order valence-electron chi connectivity index (χ0n) is 15.4. The molecule has 1 aromatic heterocycles. The van der Waals surface area contributed by atoms with E-state index in [1.54, 1.807) is 32.0 Å². The van der Waals surface area contributed by atoms with Gasteiger partial charge in [0.25, 0.3) is 5.91 Å². The van der Waals surface area contributed by atoms with Gasteiger partial charge in [0.05, 0.1) is 11.9 Å². The van der Waals surface area contributed by atoms with E-state index in [1.807, 2.05) is 12.1 Å². The fraction of sp³-hybridized carbons (Fsp3) is 0.368. The number of hydrogen-bond donors (Lipinski definition) is 2. The summed E-state index contributed by atoms with van der Waals surface area (Å²) < 4.78 is 19.2. The fourth-order valence-corrected chi connectivity index (χ4v) is 2.67. The third kappa shape index (κ3) is 4.93. The number of carboxylic acid groups (broad SMARTS) is 1. The summed E-state index contributed by atoms with van der Waals surface area (Å²) in [7, 11) is 0. The van der Waals surface area contributed by atoms with Gasteiger partial charge in [-0.15, -0.1) is 0 Å². The Morgan fingerprint density at radius 3 is 2.46 bits per heavy atom. The van der Waals surface area contributed by atoms with Crippen LogP contribution in [0.2, 0.25) is 0 Å². The predicted octanol–water partition coefficient (Wildman–Crippen LogP) is 2.15. The van der Waals surface area contributed by atoms with Crippen molar-refractivity contribution in [3.8, 4) is 0 Å². The Hall–Kier alpha value is -3.23. The third-order valence-corrected chi connectivity index (χ3v) is 4.10. The molecule has 0 radical (unpaired) electrons. The number of benzene rings is 1. The molecule has 0 aliphatic carbocycles. The first-order valence-electron chi connectivity index (χ1n) is 8.62. The lowest BCUT2D eigenvalue weighted by molar-refractivity contribution is -0.141. The molecule has 2 N–H and O–H groups in total. The van der Waals surface area contributed by atoms with Crippen LogP contribution in [0, 0.1) is 5.92 Å². The number of fused-ring (bicyclic) bond motifs is 1. The quantitative estimate of drug-likeness (QED) is 0.711. The number of amides is 1. The molecule has 0 saturated carbocycles. The van der Waals surface area contributed by atoms with Gasteiger partial charge < -0.3 is 15.2 Å². The highest BCUT2D eigenvalue weighted by Crippen LogP contribution is 2.17. The lowest BCUT2D eigenvalue weighted by Crippen LogP contribution is -2.49. The molecule has 0 bridgehead atoms. The number of carbonyl (C=O) groups excluding carboxylic acids is 3. The van der Waals surface area contributed by atoms with Gasteiger partial charge in [-0.2, -0.15) is 0 Å². The molecule has 0 aliphatic heterocycles. The first-order valence-corrected chi connectivity index (χ1v) is 8.62. The van der Waals surface area contributed by atoms with Crippen molar-refractivity contribution < 1.29 is 33.4 Å². The first-order chi connectivity index (χ1) is 13.2.